The second-order valence-electron chi connectivity index (χ2n) is 7.43. The Hall–Kier alpha value is -1.41. The van der Waals surface area contributed by atoms with Crippen LogP contribution >= 0.6 is 0 Å². The van der Waals surface area contributed by atoms with Crippen LogP contribution in [0.4, 0.5) is 0 Å². The van der Waals surface area contributed by atoms with Gasteiger partial charge in [-0.25, -0.2) is 12.7 Å². The van der Waals surface area contributed by atoms with E-state index < -0.39 is 22.0 Å². The molecule has 0 N–H and O–H groups in total. The van der Waals surface area contributed by atoms with Crippen LogP contribution in [0.15, 0.2) is 12.2 Å². The summed E-state index contributed by atoms with van der Waals surface area (Å²) < 4.78 is 25.3. The van der Waals surface area contributed by atoms with E-state index in [1.165, 1.54) is 0 Å². The highest BCUT2D eigenvalue weighted by molar-refractivity contribution is 7.88. The van der Waals surface area contributed by atoms with Crippen molar-refractivity contribution in [1.29, 1.82) is 0 Å². The SMILES string of the molecule is CCN(CC)CC=CC(=O)N1CC[C@H]2[C@H]1[C@@H](C(C)C)C(=O)N2S(C)(=O)=O. The summed E-state index contributed by atoms with van der Waals surface area (Å²) in [7, 11) is -3.64. The van der Waals surface area contributed by atoms with Crippen molar-refractivity contribution in [2.45, 2.75) is 46.2 Å². The highest BCUT2D eigenvalue weighted by atomic mass is 32.2. The lowest BCUT2D eigenvalue weighted by atomic mass is 9.88. The van der Waals surface area contributed by atoms with E-state index in [0.717, 1.165) is 23.7 Å². The van der Waals surface area contributed by atoms with Crippen LogP contribution in [0, 0.1) is 11.8 Å². The van der Waals surface area contributed by atoms with E-state index in [9.17, 15) is 18.0 Å². The van der Waals surface area contributed by atoms with Gasteiger partial charge >= 0.3 is 0 Å². The number of hydrogen-bond donors (Lipinski definition) is 0. The topological polar surface area (TPSA) is 78.0 Å². The van der Waals surface area contributed by atoms with Gasteiger partial charge in [0.15, 0.2) is 0 Å². The molecule has 26 heavy (non-hydrogen) atoms. The number of carbonyl (C=O) groups is 2. The van der Waals surface area contributed by atoms with E-state index in [1.807, 2.05) is 19.9 Å². The van der Waals surface area contributed by atoms with Crippen LogP contribution in [-0.4, -0.2) is 78.9 Å². The Kier molecular flexibility index (Phi) is 6.50. The quantitative estimate of drug-likeness (QED) is 0.609. The number of likely N-dealkylation sites (N-methyl/N-ethyl adjacent to an activating group) is 1. The number of hydrogen-bond acceptors (Lipinski definition) is 5. The summed E-state index contributed by atoms with van der Waals surface area (Å²) in [5.41, 5.74) is 0. The highest BCUT2D eigenvalue weighted by Gasteiger charge is 2.58. The lowest BCUT2D eigenvalue weighted by Crippen LogP contribution is -2.43. The Bertz CT molecular complexity index is 670. The van der Waals surface area contributed by atoms with Crippen molar-refractivity contribution in [3.63, 3.8) is 0 Å². The first kappa shape index (κ1) is 20.9. The van der Waals surface area contributed by atoms with E-state index in [4.69, 9.17) is 0 Å². The van der Waals surface area contributed by atoms with E-state index in [2.05, 4.69) is 18.7 Å². The third-order valence-electron chi connectivity index (χ3n) is 5.47. The van der Waals surface area contributed by atoms with E-state index in [0.29, 0.717) is 19.5 Å². The zero-order valence-electron chi connectivity index (χ0n) is 16.4. The number of rotatable bonds is 7. The predicted octanol–water partition coefficient (Wildman–Crippen LogP) is 0.928. The molecule has 0 bridgehead atoms. The summed E-state index contributed by atoms with van der Waals surface area (Å²) >= 11 is 0. The maximum Gasteiger partial charge on any atom is 0.246 e. The third kappa shape index (κ3) is 3.96. The Balaban J connectivity index is 2.21. The van der Waals surface area contributed by atoms with Crippen molar-refractivity contribution in [1.82, 2.24) is 14.1 Å². The number of fused-ring (bicyclic) bond motifs is 1. The second kappa shape index (κ2) is 8.08. The fourth-order valence-electron chi connectivity index (χ4n) is 4.17. The maximum absolute atomic E-state index is 12.7. The van der Waals surface area contributed by atoms with E-state index in [-0.39, 0.29) is 23.8 Å². The fourth-order valence-corrected chi connectivity index (χ4v) is 5.34. The van der Waals surface area contributed by atoms with Crippen LogP contribution in [0.5, 0.6) is 0 Å². The Labute approximate surface area is 157 Å². The molecule has 2 amide bonds. The Morgan fingerprint density at radius 3 is 2.42 bits per heavy atom. The summed E-state index contributed by atoms with van der Waals surface area (Å²) in [6.07, 6.45) is 4.98. The molecule has 7 nitrogen and oxygen atoms in total. The molecule has 148 valence electrons. The number of likely N-dealkylation sites (tertiary alicyclic amines) is 1. The largest absolute Gasteiger partial charge is 0.333 e. The molecule has 3 atom stereocenters. The molecule has 0 aromatic carbocycles. The van der Waals surface area contributed by atoms with Crippen LogP contribution in [0.25, 0.3) is 0 Å². The van der Waals surface area contributed by atoms with Gasteiger partial charge in [-0.1, -0.05) is 33.8 Å². The summed E-state index contributed by atoms with van der Waals surface area (Å²) in [6.45, 7) is 11.0. The molecule has 2 fully saturated rings. The van der Waals surface area contributed by atoms with Gasteiger partial charge < -0.3 is 9.80 Å². The van der Waals surface area contributed by atoms with Gasteiger partial charge in [-0.3, -0.25) is 9.59 Å². The molecule has 0 aromatic rings. The highest BCUT2D eigenvalue weighted by Crippen LogP contribution is 2.41. The van der Waals surface area contributed by atoms with Gasteiger partial charge in [0.1, 0.15) is 0 Å². The molecule has 2 aliphatic heterocycles. The van der Waals surface area contributed by atoms with Crippen molar-refractivity contribution in [2.24, 2.45) is 11.8 Å². The zero-order valence-corrected chi connectivity index (χ0v) is 17.2. The van der Waals surface area contributed by atoms with Crippen LogP contribution in [-0.2, 0) is 19.6 Å². The van der Waals surface area contributed by atoms with Gasteiger partial charge in [-0.15, -0.1) is 0 Å². The molecule has 0 saturated carbocycles. The van der Waals surface area contributed by atoms with Crippen LogP contribution in [0.3, 0.4) is 0 Å². The standard InChI is InChI=1S/C18H31N3O4S/c1-6-19(7-2)11-8-9-15(22)20-12-10-14-17(20)16(13(3)4)18(23)21(14)26(5,24)25/h8-9,13-14,16-17H,6-7,10-12H2,1-5H3/t14-,16+,17-/m0/s1. The molecule has 0 aliphatic carbocycles. The molecular weight excluding hydrogens is 354 g/mol. The van der Waals surface area contributed by atoms with Crippen LogP contribution in [0.2, 0.25) is 0 Å². The monoisotopic (exact) mass is 385 g/mol. The fraction of sp³-hybridized carbons (Fsp3) is 0.778. The molecule has 0 unspecified atom stereocenters. The van der Waals surface area contributed by atoms with Gasteiger partial charge in [0, 0.05) is 19.2 Å². The smallest absolute Gasteiger partial charge is 0.246 e. The van der Waals surface area contributed by atoms with Gasteiger partial charge in [0.05, 0.1) is 24.3 Å². The Morgan fingerprint density at radius 1 is 1.31 bits per heavy atom. The van der Waals surface area contributed by atoms with Gasteiger partial charge in [-0.05, 0) is 25.4 Å². The van der Waals surface area contributed by atoms with Crippen molar-refractivity contribution in [3.05, 3.63) is 12.2 Å². The summed E-state index contributed by atoms with van der Waals surface area (Å²) in [5, 5.41) is 0. The summed E-state index contributed by atoms with van der Waals surface area (Å²) in [4.78, 5) is 29.3. The molecular formula is C18H31N3O4S. The van der Waals surface area contributed by atoms with Crippen molar-refractivity contribution in [2.75, 3.05) is 32.4 Å². The first-order chi connectivity index (χ1) is 12.1. The Morgan fingerprint density at radius 2 is 1.92 bits per heavy atom. The van der Waals surface area contributed by atoms with Crippen LogP contribution < -0.4 is 0 Å². The van der Waals surface area contributed by atoms with Crippen molar-refractivity contribution >= 4 is 21.8 Å². The normalized spacial score (nSPS) is 26.6. The molecule has 2 rings (SSSR count). The number of sulfonamides is 1. The predicted molar refractivity (Wildman–Crippen MR) is 101 cm³/mol. The third-order valence-corrected chi connectivity index (χ3v) is 6.63. The van der Waals surface area contributed by atoms with Gasteiger partial charge in [-0.2, -0.15) is 0 Å². The molecule has 8 heteroatoms. The van der Waals surface area contributed by atoms with E-state index >= 15 is 0 Å². The zero-order chi connectivity index (χ0) is 19.6. The molecule has 2 aliphatic rings. The second-order valence-corrected chi connectivity index (χ2v) is 9.29. The summed E-state index contributed by atoms with van der Waals surface area (Å²) in [5.74, 6) is -1.02. The number of nitrogens with zero attached hydrogens (tertiary/aromatic N) is 3. The minimum Gasteiger partial charge on any atom is -0.333 e. The van der Waals surface area contributed by atoms with Gasteiger partial charge in [0.25, 0.3) is 0 Å². The van der Waals surface area contributed by atoms with Gasteiger partial charge in [0.2, 0.25) is 21.8 Å². The number of carbonyl (C=O) groups excluding carboxylic acids is 2. The summed E-state index contributed by atoms with van der Waals surface area (Å²) in [6, 6.07) is -0.812. The van der Waals surface area contributed by atoms with Crippen LogP contribution in [0.1, 0.15) is 34.1 Å². The number of amides is 2. The molecule has 2 saturated heterocycles. The van der Waals surface area contributed by atoms with E-state index in [1.54, 1.807) is 11.0 Å². The molecule has 0 radical (unpaired) electrons. The molecule has 2 heterocycles. The molecule has 0 aromatic heterocycles. The van der Waals surface area contributed by atoms with Crippen molar-refractivity contribution < 1.29 is 18.0 Å². The first-order valence-electron chi connectivity index (χ1n) is 9.36. The maximum atomic E-state index is 12.7. The average molecular weight is 386 g/mol. The minimum atomic E-state index is -3.64. The average Bonchev–Trinajstić information content (AvgIpc) is 3.06. The lowest BCUT2D eigenvalue weighted by Gasteiger charge is -2.28. The minimum absolute atomic E-state index is 0.0326. The first-order valence-corrected chi connectivity index (χ1v) is 11.2. The lowest BCUT2D eigenvalue weighted by molar-refractivity contribution is -0.131. The molecule has 0 spiro atoms. The van der Waals surface area contributed by atoms with Crippen molar-refractivity contribution in [3.8, 4) is 0 Å².